The first kappa shape index (κ1) is 30.0. The summed E-state index contributed by atoms with van der Waals surface area (Å²) in [7, 11) is 1.72. The molecule has 208 valence electrons. The van der Waals surface area contributed by atoms with Gasteiger partial charge < -0.3 is 14.2 Å². The van der Waals surface area contributed by atoms with Gasteiger partial charge in [0, 0.05) is 11.5 Å². The number of aryl methyl sites for hydroxylation is 6. The number of ether oxygens (including phenoxy) is 3. The minimum atomic E-state index is -0.361. The van der Waals surface area contributed by atoms with E-state index in [1.165, 1.54) is 17.2 Å². The van der Waals surface area contributed by atoms with E-state index in [-0.39, 0.29) is 17.5 Å². The number of rotatable bonds is 10. The monoisotopic (exact) mass is 528 g/mol. The third-order valence-electron chi connectivity index (χ3n) is 7.38. The van der Waals surface area contributed by atoms with Gasteiger partial charge in [0.25, 0.3) is 0 Å². The molecule has 0 spiro atoms. The molecule has 4 nitrogen and oxygen atoms in total. The number of esters is 1. The van der Waals surface area contributed by atoms with Crippen molar-refractivity contribution in [3.63, 3.8) is 0 Å². The van der Waals surface area contributed by atoms with Crippen LogP contribution in [0, 0.1) is 41.5 Å². The summed E-state index contributed by atoms with van der Waals surface area (Å²) in [5.74, 6) is 1.43. The molecule has 0 radical (unpaired) electrons. The Morgan fingerprint density at radius 2 is 1.28 bits per heavy atom. The quantitative estimate of drug-likeness (QED) is 0.196. The van der Waals surface area contributed by atoms with Gasteiger partial charge in [-0.2, -0.15) is 0 Å². The normalized spacial score (nSPS) is 12.5. The summed E-state index contributed by atoms with van der Waals surface area (Å²) in [5, 5.41) is 0. The van der Waals surface area contributed by atoms with Crippen LogP contribution in [0.4, 0.5) is 0 Å². The molecule has 1 unspecified atom stereocenters. The Bertz CT molecular complexity index is 1300. The van der Waals surface area contributed by atoms with E-state index in [2.05, 4.69) is 71.9 Å². The molecular weight excluding hydrogens is 484 g/mol. The second kappa shape index (κ2) is 12.5. The first-order valence-electron chi connectivity index (χ1n) is 13.7. The van der Waals surface area contributed by atoms with E-state index in [9.17, 15) is 4.79 Å². The third kappa shape index (κ3) is 7.32. The molecule has 0 amide bonds. The molecule has 0 N–H and O–H groups in total. The van der Waals surface area contributed by atoms with E-state index in [0.717, 1.165) is 50.4 Å². The summed E-state index contributed by atoms with van der Waals surface area (Å²) in [4.78, 5) is 12.5. The molecular formula is C35H44O4. The van der Waals surface area contributed by atoms with Crippen molar-refractivity contribution in [2.24, 2.45) is 0 Å². The number of hydrogen-bond donors (Lipinski definition) is 0. The average Bonchev–Trinajstić information content (AvgIpc) is 2.85. The Morgan fingerprint density at radius 3 is 1.74 bits per heavy atom. The van der Waals surface area contributed by atoms with E-state index in [4.69, 9.17) is 14.2 Å². The van der Waals surface area contributed by atoms with Crippen LogP contribution in [0.3, 0.4) is 0 Å². The molecule has 39 heavy (non-hydrogen) atoms. The molecule has 0 fully saturated rings. The van der Waals surface area contributed by atoms with Crippen LogP contribution in [0.2, 0.25) is 0 Å². The lowest BCUT2D eigenvalue weighted by Gasteiger charge is -2.29. The van der Waals surface area contributed by atoms with Crippen LogP contribution in [0.5, 0.6) is 11.5 Å². The zero-order chi connectivity index (χ0) is 28.9. The molecule has 1 atom stereocenters. The summed E-state index contributed by atoms with van der Waals surface area (Å²) in [6, 6.07) is 15.0. The Balaban J connectivity index is 1.72. The number of carbonyl (C=O) groups is 1. The predicted molar refractivity (Wildman–Crippen MR) is 161 cm³/mol. The second-order valence-corrected chi connectivity index (χ2v) is 11.2. The molecule has 0 aliphatic rings. The van der Waals surface area contributed by atoms with Gasteiger partial charge in [0.15, 0.2) is 0 Å². The molecule has 3 aromatic carbocycles. The smallest absolute Gasteiger partial charge is 0.331 e. The highest BCUT2D eigenvalue weighted by Gasteiger charge is 2.26. The van der Waals surface area contributed by atoms with Gasteiger partial charge in [0.1, 0.15) is 24.2 Å². The first-order valence-corrected chi connectivity index (χ1v) is 13.7. The van der Waals surface area contributed by atoms with Crippen LogP contribution >= 0.6 is 0 Å². The Morgan fingerprint density at radius 1 is 0.795 bits per heavy atom. The van der Waals surface area contributed by atoms with Crippen LogP contribution in [-0.2, 0) is 14.9 Å². The van der Waals surface area contributed by atoms with E-state index in [1.807, 2.05) is 32.9 Å². The maximum Gasteiger partial charge on any atom is 0.331 e. The fourth-order valence-electron chi connectivity index (χ4n) is 5.22. The molecule has 3 rings (SSSR count). The average molecular weight is 529 g/mol. The van der Waals surface area contributed by atoms with Gasteiger partial charge in [-0.3, -0.25) is 0 Å². The van der Waals surface area contributed by atoms with Gasteiger partial charge in [0.2, 0.25) is 0 Å². The summed E-state index contributed by atoms with van der Waals surface area (Å²) >= 11 is 0. The Kier molecular flexibility index (Phi) is 9.66. The van der Waals surface area contributed by atoms with Gasteiger partial charge in [-0.1, -0.05) is 74.4 Å². The van der Waals surface area contributed by atoms with Crippen LogP contribution in [0.15, 0.2) is 48.5 Å². The summed E-state index contributed by atoms with van der Waals surface area (Å²) in [6.45, 7) is 19.2. The minimum Gasteiger partial charge on any atom is -0.496 e. The van der Waals surface area contributed by atoms with Crippen molar-refractivity contribution in [3.8, 4) is 11.5 Å². The Hall–Kier alpha value is -3.53. The van der Waals surface area contributed by atoms with Crippen LogP contribution < -0.4 is 9.47 Å². The molecule has 3 aromatic rings. The summed E-state index contributed by atoms with van der Waals surface area (Å²) in [5.41, 5.74) is 10.0. The highest BCUT2D eigenvalue weighted by atomic mass is 16.6. The van der Waals surface area contributed by atoms with Crippen molar-refractivity contribution in [2.75, 3.05) is 13.7 Å². The third-order valence-corrected chi connectivity index (χ3v) is 7.38. The van der Waals surface area contributed by atoms with Gasteiger partial charge in [-0.25, -0.2) is 4.79 Å². The van der Waals surface area contributed by atoms with Crippen molar-refractivity contribution in [2.45, 2.75) is 80.3 Å². The van der Waals surface area contributed by atoms with Crippen molar-refractivity contribution >= 4 is 12.0 Å². The zero-order valence-corrected chi connectivity index (χ0v) is 25.3. The Labute approximate surface area is 235 Å². The van der Waals surface area contributed by atoms with E-state index in [0.29, 0.717) is 13.0 Å². The molecule has 0 saturated heterocycles. The number of hydrogen-bond acceptors (Lipinski definition) is 4. The van der Waals surface area contributed by atoms with E-state index in [1.54, 1.807) is 13.2 Å². The number of benzene rings is 3. The van der Waals surface area contributed by atoms with Crippen LogP contribution in [0.1, 0.15) is 77.3 Å². The van der Waals surface area contributed by atoms with Crippen molar-refractivity contribution in [1.82, 2.24) is 0 Å². The van der Waals surface area contributed by atoms with Gasteiger partial charge in [-0.15, -0.1) is 0 Å². The van der Waals surface area contributed by atoms with Gasteiger partial charge in [-0.05, 0) is 93.0 Å². The van der Waals surface area contributed by atoms with Gasteiger partial charge >= 0.3 is 5.97 Å². The van der Waals surface area contributed by atoms with Crippen LogP contribution in [0.25, 0.3) is 6.08 Å². The number of methoxy groups -OCH3 is 1. The maximum absolute atomic E-state index is 12.5. The molecule has 0 heterocycles. The lowest BCUT2D eigenvalue weighted by Crippen LogP contribution is -2.24. The highest BCUT2D eigenvalue weighted by Crippen LogP contribution is 2.38. The lowest BCUT2D eigenvalue weighted by atomic mass is 9.76. The highest BCUT2D eigenvalue weighted by molar-refractivity contribution is 5.87. The van der Waals surface area contributed by atoms with Crippen LogP contribution in [-0.4, -0.2) is 25.8 Å². The summed E-state index contributed by atoms with van der Waals surface area (Å²) < 4.78 is 17.5. The zero-order valence-electron chi connectivity index (χ0n) is 25.3. The molecule has 0 aliphatic heterocycles. The fraction of sp³-hybridized carbons (Fsp3) is 0.400. The SMILES string of the molecule is CCC(COc1c(C)cc(C(C)(C)c2cc(C)c(OC)c(C)c2)cc1C)OC(=O)C=Cc1cc(C)cc(C)c1. The topological polar surface area (TPSA) is 44.8 Å². The molecule has 0 aliphatic carbocycles. The fourth-order valence-corrected chi connectivity index (χ4v) is 5.22. The standard InChI is InChI=1S/C35H44O4/c1-11-31(39-32(36)13-12-28-15-22(2)14-23(3)16-28)21-38-34-26(6)19-30(20-27(34)7)35(8,9)29-17-24(4)33(37-10)25(5)18-29/h12-20,31H,11,21H2,1-10H3. The van der Waals surface area contributed by atoms with Crippen molar-refractivity contribution < 1.29 is 19.0 Å². The predicted octanol–water partition coefficient (Wildman–Crippen LogP) is 8.29. The first-order chi connectivity index (χ1) is 18.3. The van der Waals surface area contributed by atoms with Gasteiger partial charge in [0.05, 0.1) is 7.11 Å². The van der Waals surface area contributed by atoms with Crippen molar-refractivity contribution in [3.05, 3.63) is 98.6 Å². The minimum absolute atomic E-state index is 0.195. The van der Waals surface area contributed by atoms with E-state index < -0.39 is 0 Å². The number of carbonyl (C=O) groups excluding carboxylic acids is 1. The largest absolute Gasteiger partial charge is 0.496 e. The second-order valence-electron chi connectivity index (χ2n) is 11.2. The summed E-state index contributed by atoms with van der Waals surface area (Å²) in [6.07, 6.45) is 3.63. The lowest BCUT2D eigenvalue weighted by molar-refractivity contribution is -0.144. The van der Waals surface area contributed by atoms with E-state index >= 15 is 0 Å². The maximum atomic E-state index is 12.5. The molecule has 4 heteroatoms. The van der Waals surface area contributed by atoms with Crippen molar-refractivity contribution in [1.29, 1.82) is 0 Å². The molecule has 0 aromatic heterocycles. The molecule has 0 bridgehead atoms. The molecule has 0 saturated carbocycles.